The Morgan fingerprint density at radius 2 is 1.87 bits per heavy atom. The first-order chi connectivity index (χ1) is 14.8. The Morgan fingerprint density at radius 3 is 2.61 bits per heavy atom. The van der Waals surface area contributed by atoms with Crippen LogP contribution in [0, 0.1) is 17.5 Å². The van der Waals surface area contributed by atoms with Gasteiger partial charge in [0.2, 0.25) is 15.0 Å². The summed E-state index contributed by atoms with van der Waals surface area (Å²) in [6.45, 7) is 0.119. The van der Waals surface area contributed by atoms with Crippen LogP contribution in [0.15, 0.2) is 47.4 Å². The summed E-state index contributed by atoms with van der Waals surface area (Å²) >= 11 is 0.896. The summed E-state index contributed by atoms with van der Waals surface area (Å²) in [6.07, 6.45) is 0.902. The number of halogens is 3. The van der Waals surface area contributed by atoms with Crippen LogP contribution >= 0.6 is 11.3 Å². The second-order valence-corrected chi connectivity index (χ2v) is 9.63. The number of benzene rings is 2. The smallest absolute Gasteiger partial charge is 0.286 e. The first kappa shape index (κ1) is 21.4. The number of amides is 1. The molecule has 2 heterocycles. The highest BCUT2D eigenvalue weighted by Gasteiger charge is 2.39. The van der Waals surface area contributed by atoms with Crippen LogP contribution in [-0.4, -0.2) is 35.4 Å². The predicted molar refractivity (Wildman–Crippen MR) is 106 cm³/mol. The molecule has 0 saturated carbocycles. The zero-order chi connectivity index (χ0) is 22.2. The number of hydrogen-bond donors (Lipinski definition) is 1. The average Bonchev–Trinajstić information content (AvgIpc) is 3.37. The largest absolute Gasteiger partial charge is 0.320 e. The molecule has 1 N–H and O–H groups in total. The van der Waals surface area contributed by atoms with Gasteiger partial charge in [-0.05, 0) is 43.2 Å². The Balaban J connectivity index is 1.57. The van der Waals surface area contributed by atoms with E-state index in [1.54, 1.807) is 0 Å². The van der Waals surface area contributed by atoms with Gasteiger partial charge in [-0.25, -0.2) is 21.6 Å². The maximum absolute atomic E-state index is 14.1. The van der Waals surface area contributed by atoms with Gasteiger partial charge in [0.05, 0.1) is 6.04 Å². The molecule has 4 rings (SSSR count). The number of aromatic nitrogens is 2. The van der Waals surface area contributed by atoms with E-state index >= 15 is 0 Å². The summed E-state index contributed by atoms with van der Waals surface area (Å²) in [6, 6.07) is 6.85. The van der Waals surface area contributed by atoms with Crippen molar-refractivity contribution in [3.63, 3.8) is 0 Å². The van der Waals surface area contributed by atoms with Crippen LogP contribution in [0.1, 0.15) is 33.7 Å². The third kappa shape index (κ3) is 4.31. The van der Waals surface area contributed by atoms with Crippen LogP contribution < -0.4 is 5.32 Å². The van der Waals surface area contributed by atoms with Crippen LogP contribution in [-0.2, 0) is 10.0 Å². The Labute approximate surface area is 179 Å². The maximum atomic E-state index is 14.1. The quantitative estimate of drug-likeness (QED) is 0.616. The Kier molecular flexibility index (Phi) is 5.77. The molecule has 1 unspecified atom stereocenters. The Bertz CT molecular complexity index is 1250. The number of sulfonamides is 1. The maximum Gasteiger partial charge on any atom is 0.286 e. The fourth-order valence-corrected chi connectivity index (χ4v) is 5.96. The second-order valence-electron chi connectivity index (χ2n) is 6.76. The van der Waals surface area contributed by atoms with Gasteiger partial charge >= 0.3 is 0 Å². The minimum Gasteiger partial charge on any atom is -0.320 e. The summed E-state index contributed by atoms with van der Waals surface area (Å²) in [7, 11) is -4.26. The zero-order valence-electron chi connectivity index (χ0n) is 15.8. The fourth-order valence-electron chi connectivity index (χ4n) is 3.30. The lowest BCUT2D eigenvalue weighted by Crippen LogP contribution is -2.31. The van der Waals surface area contributed by atoms with E-state index in [1.807, 2.05) is 0 Å². The van der Waals surface area contributed by atoms with Gasteiger partial charge in [-0.3, -0.25) is 4.79 Å². The Morgan fingerprint density at radius 1 is 1.10 bits per heavy atom. The van der Waals surface area contributed by atoms with Crippen molar-refractivity contribution in [2.75, 3.05) is 11.9 Å². The molecule has 0 aliphatic carbocycles. The van der Waals surface area contributed by atoms with Crippen LogP contribution in [0.3, 0.4) is 0 Å². The van der Waals surface area contributed by atoms with Crippen molar-refractivity contribution >= 4 is 33.0 Å². The van der Waals surface area contributed by atoms with Gasteiger partial charge in [-0.2, -0.15) is 4.31 Å². The van der Waals surface area contributed by atoms with E-state index in [4.69, 9.17) is 0 Å². The van der Waals surface area contributed by atoms with E-state index in [1.165, 1.54) is 18.2 Å². The standard InChI is InChI=1S/C19H15F3N4O3S2/c20-11-3-1-4-13(9-11)23-17(27)19-25-24-18(30-19)15-5-2-8-26(15)31(28,29)16-7-6-12(21)10-14(16)22/h1,3-4,6-7,9-10,15H,2,5,8H2,(H,23,27). The van der Waals surface area contributed by atoms with Gasteiger partial charge in [0.15, 0.2) is 0 Å². The van der Waals surface area contributed by atoms with Gasteiger partial charge in [0, 0.05) is 18.3 Å². The van der Waals surface area contributed by atoms with Crippen molar-refractivity contribution in [1.29, 1.82) is 0 Å². The monoisotopic (exact) mass is 468 g/mol. The van der Waals surface area contributed by atoms with E-state index in [2.05, 4.69) is 15.5 Å². The third-order valence-corrected chi connectivity index (χ3v) is 7.65. The molecular formula is C19H15F3N4O3S2. The van der Waals surface area contributed by atoms with Crippen LogP contribution in [0.5, 0.6) is 0 Å². The van der Waals surface area contributed by atoms with E-state index in [-0.39, 0.29) is 22.2 Å². The first-order valence-corrected chi connectivity index (χ1v) is 11.4. The van der Waals surface area contributed by atoms with Crippen molar-refractivity contribution in [2.45, 2.75) is 23.8 Å². The van der Waals surface area contributed by atoms with E-state index < -0.39 is 44.3 Å². The lowest BCUT2D eigenvalue weighted by molar-refractivity contribution is 0.102. The van der Waals surface area contributed by atoms with E-state index in [0.29, 0.717) is 18.9 Å². The lowest BCUT2D eigenvalue weighted by atomic mass is 10.2. The molecule has 0 bridgehead atoms. The molecule has 1 amide bonds. The SMILES string of the molecule is O=C(Nc1cccc(F)c1)c1nnc(C2CCCN2S(=O)(=O)c2ccc(F)cc2F)s1. The molecule has 1 aliphatic heterocycles. The van der Waals surface area contributed by atoms with Gasteiger partial charge < -0.3 is 5.32 Å². The highest BCUT2D eigenvalue weighted by molar-refractivity contribution is 7.89. The van der Waals surface area contributed by atoms with Crippen molar-refractivity contribution in [1.82, 2.24) is 14.5 Å². The van der Waals surface area contributed by atoms with E-state index in [9.17, 15) is 26.4 Å². The molecule has 3 aromatic rings. The van der Waals surface area contributed by atoms with E-state index in [0.717, 1.165) is 33.8 Å². The highest BCUT2D eigenvalue weighted by atomic mass is 32.2. The molecule has 1 aliphatic rings. The van der Waals surface area contributed by atoms with Gasteiger partial charge in [0.25, 0.3) is 5.91 Å². The summed E-state index contributed by atoms with van der Waals surface area (Å²) in [5.41, 5.74) is 0.235. The van der Waals surface area contributed by atoms with Crippen molar-refractivity contribution < 1.29 is 26.4 Å². The number of nitrogens with zero attached hydrogens (tertiary/aromatic N) is 3. The summed E-state index contributed by atoms with van der Waals surface area (Å²) in [5.74, 6) is -3.20. The molecule has 12 heteroatoms. The van der Waals surface area contributed by atoms with Crippen LogP contribution in [0.4, 0.5) is 18.9 Å². The number of carbonyl (C=O) groups excluding carboxylic acids is 1. The number of nitrogens with one attached hydrogen (secondary N) is 1. The summed E-state index contributed by atoms with van der Waals surface area (Å²) < 4.78 is 67.6. The molecular weight excluding hydrogens is 453 g/mol. The van der Waals surface area contributed by atoms with Crippen molar-refractivity contribution in [3.05, 3.63) is 69.9 Å². The third-order valence-electron chi connectivity index (χ3n) is 4.69. The molecule has 0 radical (unpaired) electrons. The molecule has 1 atom stereocenters. The van der Waals surface area contributed by atoms with Gasteiger partial charge in [-0.1, -0.05) is 17.4 Å². The lowest BCUT2D eigenvalue weighted by Gasteiger charge is -2.22. The van der Waals surface area contributed by atoms with Gasteiger partial charge in [0.1, 0.15) is 27.4 Å². The normalized spacial score (nSPS) is 17.1. The molecule has 1 aromatic heterocycles. The average molecular weight is 468 g/mol. The molecule has 0 spiro atoms. The zero-order valence-corrected chi connectivity index (χ0v) is 17.4. The topological polar surface area (TPSA) is 92.3 Å². The summed E-state index contributed by atoms with van der Waals surface area (Å²) in [5, 5.41) is 10.5. The molecule has 2 aromatic carbocycles. The van der Waals surface area contributed by atoms with Gasteiger partial charge in [-0.15, -0.1) is 10.2 Å². The van der Waals surface area contributed by atoms with Crippen molar-refractivity contribution in [3.8, 4) is 0 Å². The second kappa shape index (κ2) is 8.36. The molecule has 1 fully saturated rings. The highest BCUT2D eigenvalue weighted by Crippen LogP contribution is 2.38. The molecule has 1 saturated heterocycles. The fraction of sp³-hybridized carbons (Fsp3) is 0.211. The number of carbonyl (C=O) groups is 1. The predicted octanol–water partition coefficient (Wildman–Crippen LogP) is 3.73. The Hall–Kier alpha value is -2.83. The first-order valence-electron chi connectivity index (χ1n) is 9.13. The number of rotatable bonds is 5. The molecule has 31 heavy (non-hydrogen) atoms. The molecule has 162 valence electrons. The molecule has 7 nitrogen and oxygen atoms in total. The van der Waals surface area contributed by atoms with Crippen molar-refractivity contribution in [2.24, 2.45) is 0 Å². The van der Waals surface area contributed by atoms with Crippen LogP contribution in [0.25, 0.3) is 0 Å². The number of anilines is 1. The minimum absolute atomic E-state index is 0.0310. The van der Waals surface area contributed by atoms with Crippen LogP contribution in [0.2, 0.25) is 0 Å². The minimum atomic E-state index is -4.26. The number of hydrogen-bond acceptors (Lipinski definition) is 6. The summed E-state index contributed by atoms with van der Waals surface area (Å²) in [4.78, 5) is 11.8.